The predicted octanol–water partition coefficient (Wildman–Crippen LogP) is 2.26. The summed E-state index contributed by atoms with van der Waals surface area (Å²) in [7, 11) is 0. The fourth-order valence-corrected chi connectivity index (χ4v) is 3.41. The van der Waals surface area contributed by atoms with Gasteiger partial charge in [0.15, 0.2) is 5.78 Å². The van der Waals surface area contributed by atoms with Crippen molar-refractivity contribution in [2.75, 3.05) is 37.6 Å². The first-order valence-electron chi connectivity index (χ1n) is 9.58. The van der Waals surface area contributed by atoms with Crippen molar-refractivity contribution in [3.63, 3.8) is 0 Å². The third-order valence-corrected chi connectivity index (χ3v) is 5.04. The number of carbonyl (C=O) groups is 2. The quantitative estimate of drug-likeness (QED) is 0.797. The SMILES string of the molecule is CC(=O)[C@@H](Cc1ccccc1)NC(=O)CN1CCN(c2ccc(F)cc2)CC1. The number of nitrogens with zero attached hydrogens (tertiary/aromatic N) is 2. The maximum absolute atomic E-state index is 13.1. The molecule has 0 aliphatic carbocycles. The van der Waals surface area contributed by atoms with Gasteiger partial charge in [0.1, 0.15) is 5.82 Å². The van der Waals surface area contributed by atoms with Gasteiger partial charge in [-0.15, -0.1) is 0 Å². The number of carbonyl (C=O) groups excluding carboxylic acids is 2. The maximum atomic E-state index is 13.1. The van der Waals surface area contributed by atoms with E-state index in [-0.39, 0.29) is 24.1 Å². The zero-order chi connectivity index (χ0) is 19.9. The summed E-state index contributed by atoms with van der Waals surface area (Å²) in [6, 6.07) is 15.7. The topological polar surface area (TPSA) is 52.7 Å². The average Bonchev–Trinajstić information content (AvgIpc) is 2.69. The van der Waals surface area contributed by atoms with Gasteiger partial charge in [-0.05, 0) is 43.2 Å². The molecule has 3 rings (SSSR count). The van der Waals surface area contributed by atoms with Gasteiger partial charge in [0.25, 0.3) is 0 Å². The van der Waals surface area contributed by atoms with E-state index in [0.717, 1.165) is 37.4 Å². The first kappa shape index (κ1) is 20.0. The van der Waals surface area contributed by atoms with Crippen molar-refractivity contribution in [3.8, 4) is 0 Å². The largest absolute Gasteiger partial charge is 0.369 e. The summed E-state index contributed by atoms with van der Waals surface area (Å²) in [4.78, 5) is 28.6. The number of nitrogens with one attached hydrogen (secondary N) is 1. The van der Waals surface area contributed by atoms with Gasteiger partial charge >= 0.3 is 0 Å². The summed E-state index contributed by atoms with van der Waals surface area (Å²) < 4.78 is 13.1. The number of hydrogen-bond donors (Lipinski definition) is 1. The van der Waals surface area contributed by atoms with Crippen LogP contribution in [0, 0.1) is 5.82 Å². The molecule has 1 amide bonds. The van der Waals surface area contributed by atoms with E-state index in [1.807, 2.05) is 30.3 Å². The zero-order valence-electron chi connectivity index (χ0n) is 16.1. The van der Waals surface area contributed by atoms with Crippen LogP contribution in [-0.2, 0) is 16.0 Å². The van der Waals surface area contributed by atoms with Gasteiger partial charge < -0.3 is 10.2 Å². The normalized spacial score (nSPS) is 15.9. The summed E-state index contributed by atoms with van der Waals surface area (Å²) in [6.07, 6.45) is 0.500. The first-order chi connectivity index (χ1) is 13.5. The van der Waals surface area contributed by atoms with Crippen molar-refractivity contribution in [1.82, 2.24) is 10.2 Å². The van der Waals surface area contributed by atoms with E-state index in [4.69, 9.17) is 0 Å². The number of ketones is 1. The Morgan fingerprint density at radius 1 is 1.00 bits per heavy atom. The molecule has 1 fully saturated rings. The molecule has 1 heterocycles. The molecule has 6 heteroatoms. The molecule has 0 unspecified atom stereocenters. The second-order valence-electron chi connectivity index (χ2n) is 7.16. The van der Waals surface area contributed by atoms with Crippen LogP contribution in [0.5, 0.6) is 0 Å². The molecule has 1 N–H and O–H groups in total. The Bertz CT molecular complexity index is 787. The standard InChI is InChI=1S/C22H26FN3O2/c1-17(27)21(15-18-5-3-2-4-6-18)24-22(28)16-25-11-13-26(14-12-25)20-9-7-19(23)8-10-20/h2-10,21H,11-16H2,1H3,(H,24,28)/t21-/m1/s1. The molecule has 0 aromatic heterocycles. The molecule has 28 heavy (non-hydrogen) atoms. The van der Waals surface area contributed by atoms with Crippen LogP contribution in [-0.4, -0.2) is 55.4 Å². The second kappa shape index (κ2) is 9.46. The lowest BCUT2D eigenvalue weighted by Crippen LogP contribution is -2.51. The molecule has 1 aliphatic rings. The summed E-state index contributed by atoms with van der Waals surface area (Å²) >= 11 is 0. The summed E-state index contributed by atoms with van der Waals surface area (Å²) in [5, 5.41) is 2.88. The smallest absolute Gasteiger partial charge is 0.234 e. The number of benzene rings is 2. The van der Waals surface area contributed by atoms with Crippen LogP contribution in [0.15, 0.2) is 54.6 Å². The second-order valence-corrected chi connectivity index (χ2v) is 7.16. The summed E-state index contributed by atoms with van der Waals surface area (Å²) in [6.45, 7) is 4.83. The molecule has 2 aromatic carbocycles. The van der Waals surface area contributed by atoms with Gasteiger partial charge in [0, 0.05) is 31.9 Å². The highest BCUT2D eigenvalue weighted by atomic mass is 19.1. The van der Waals surface area contributed by atoms with Gasteiger partial charge in [0.2, 0.25) is 5.91 Å². The Morgan fingerprint density at radius 3 is 2.25 bits per heavy atom. The Morgan fingerprint density at radius 2 is 1.64 bits per heavy atom. The molecular formula is C22H26FN3O2. The fraction of sp³-hybridized carbons (Fsp3) is 0.364. The lowest BCUT2D eigenvalue weighted by Gasteiger charge is -2.35. The average molecular weight is 383 g/mol. The van der Waals surface area contributed by atoms with Crippen LogP contribution in [0.3, 0.4) is 0 Å². The monoisotopic (exact) mass is 383 g/mol. The van der Waals surface area contributed by atoms with Crippen LogP contribution in [0.4, 0.5) is 10.1 Å². The fourth-order valence-electron chi connectivity index (χ4n) is 3.41. The van der Waals surface area contributed by atoms with E-state index < -0.39 is 6.04 Å². The Kier molecular flexibility index (Phi) is 6.76. The molecule has 1 aliphatic heterocycles. The first-order valence-corrected chi connectivity index (χ1v) is 9.58. The highest BCUT2D eigenvalue weighted by molar-refractivity contribution is 5.88. The van der Waals surface area contributed by atoms with E-state index in [9.17, 15) is 14.0 Å². The summed E-state index contributed by atoms with van der Waals surface area (Å²) in [5.41, 5.74) is 2.01. The molecule has 0 saturated carbocycles. The lowest BCUT2D eigenvalue weighted by molar-refractivity contribution is -0.127. The van der Waals surface area contributed by atoms with E-state index in [2.05, 4.69) is 15.1 Å². The van der Waals surface area contributed by atoms with Gasteiger partial charge in [-0.25, -0.2) is 4.39 Å². The van der Waals surface area contributed by atoms with Crippen LogP contribution in [0.25, 0.3) is 0 Å². The molecular weight excluding hydrogens is 357 g/mol. The Labute approximate surface area is 165 Å². The minimum atomic E-state index is -0.504. The van der Waals surface area contributed by atoms with E-state index in [0.29, 0.717) is 6.42 Å². The van der Waals surface area contributed by atoms with Crippen molar-refractivity contribution in [2.45, 2.75) is 19.4 Å². The molecule has 1 atom stereocenters. The Hall–Kier alpha value is -2.73. The number of rotatable bonds is 7. The van der Waals surface area contributed by atoms with Gasteiger partial charge in [-0.2, -0.15) is 0 Å². The van der Waals surface area contributed by atoms with Crippen LogP contribution in [0.1, 0.15) is 12.5 Å². The van der Waals surface area contributed by atoms with E-state index in [1.54, 1.807) is 12.1 Å². The van der Waals surface area contributed by atoms with Crippen LogP contribution in [0.2, 0.25) is 0 Å². The minimum absolute atomic E-state index is 0.0432. The number of hydrogen-bond acceptors (Lipinski definition) is 4. The van der Waals surface area contributed by atoms with E-state index in [1.165, 1.54) is 19.1 Å². The minimum Gasteiger partial charge on any atom is -0.369 e. The number of amides is 1. The van der Waals surface area contributed by atoms with Crippen molar-refractivity contribution in [3.05, 3.63) is 66.0 Å². The van der Waals surface area contributed by atoms with Crippen molar-refractivity contribution < 1.29 is 14.0 Å². The molecule has 0 radical (unpaired) electrons. The van der Waals surface area contributed by atoms with Crippen molar-refractivity contribution in [2.24, 2.45) is 0 Å². The van der Waals surface area contributed by atoms with Gasteiger partial charge in [-0.3, -0.25) is 14.5 Å². The Balaban J connectivity index is 1.48. The molecule has 1 saturated heterocycles. The zero-order valence-corrected chi connectivity index (χ0v) is 16.1. The van der Waals surface area contributed by atoms with Crippen molar-refractivity contribution >= 4 is 17.4 Å². The number of halogens is 1. The van der Waals surface area contributed by atoms with Crippen LogP contribution < -0.4 is 10.2 Å². The highest BCUT2D eigenvalue weighted by Crippen LogP contribution is 2.16. The van der Waals surface area contributed by atoms with Gasteiger partial charge in [-0.1, -0.05) is 30.3 Å². The number of Topliss-reactive ketones (excluding diaryl/α,β-unsaturated/α-hetero) is 1. The third kappa shape index (κ3) is 5.63. The van der Waals surface area contributed by atoms with Gasteiger partial charge in [0.05, 0.1) is 12.6 Å². The van der Waals surface area contributed by atoms with Crippen molar-refractivity contribution in [1.29, 1.82) is 0 Å². The molecule has 148 valence electrons. The molecule has 0 spiro atoms. The molecule has 2 aromatic rings. The van der Waals surface area contributed by atoms with E-state index >= 15 is 0 Å². The third-order valence-electron chi connectivity index (χ3n) is 5.04. The number of piperazine rings is 1. The highest BCUT2D eigenvalue weighted by Gasteiger charge is 2.22. The molecule has 5 nitrogen and oxygen atoms in total. The molecule has 0 bridgehead atoms. The lowest BCUT2D eigenvalue weighted by atomic mass is 10.0. The maximum Gasteiger partial charge on any atom is 0.234 e. The number of anilines is 1. The van der Waals surface area contributed by atoms with Crippen LogP contribution >= 0.6 is 0 Å². The predicted molar refractivity (Wildman–Crippen MR) is 108 cm³/mol. The summed E-state index contributed by atoms with van der Waals surface area (Å²) in [5.74, 6) is -0.417.